The molecule has 0 aromatic heterocycles. The number of rotatable bonds is 6. The molecule has 4 nitrogen and oxygen atoms in total. The maximum atomic E-state index is 12.7. The van der Waals surface area contributed by atoms with Crippen LogP contribution in [-0.4, -0.2) is 29.3 Å². The molecule has 1 aliphatic heterocycles. The van der Waals surface area contributed by atoms with Crippen LogP contribution in [0.1, 0.15) is 24.0 Å². The first-order chi connectivity index (χ1) is 12.4. The van der Waals surface area contributed by atoms with Gasteiger partial charge in [-0.2, -0.15) is 13.2 Å². The molecule has 0 amide bonds. The smallest absolute Gasteiger partial charge is 0.385 e. The predicted octanol–water partition coefficient (Wildman–Crippen LogP) is 4.11. The Morgan fingerprint density at radius 3 is 2.38 bits per heavy atom. The van der Waals surface area contributed by atoms with Gasteiger partial charge in [0.2, 0.25) is 0 Å². The van der Waals surface area contributed by atoms with Crippen molar-refractivity contribution in [1.29, 1.82) is 0 Å². The Balaban J connectivity index is 1.50. The number of aryl methyl sites for hydroxylation is 1. The lowest BCUT2D eigenvalue weighted by molar-refractivity contribution is -0.355. The van der Waals surface area contributed by atoms with Gasteiger partial charge in [0.1, 0.15) is 0 Å². The molecular weight excluding hydrogens is 345 g/mol. The number of oxime groups is 1. The molecule has 0 aliphatic carbocycles. The fourth-order valence-corrected chi connectivity index (χ4v) is 2.68. The molecule has 26 heavy (non-hydrogen) atoms. The standard InChI is InChI=1S/C19H19F3N2O2/c20-19(21,22)18(25)13-17(24-26-18)15-8-10-16(11-9-15)23-12-4-7-14-5-2-1-3-6-14/h1-3,5-6,8-11,23,25H,4,7,12-13H2. The maximum Gasteiger partial charge on any atom is 0.458 e. The molecule has 0 saturated carbocycles. The Kier molecular flexibility index (Phi) is 5.18. The summed E-state index contributed by atoms with van der Waals surface area (Å²) in [5, 5.41) is 16.1. The van der Waals surface area contributed by atoms with Crippen molar-refractivity contribution >= 4 is 11.4 Å². The topological polar surface area (TPSA) is 53.8 Å². The Hall–Kier alpha value is -2.54. The molecule has 0 bridgehead atoms. The van der Waals surface area contributed by atoms with Crippen LogP contribution in [0.3, 0.4) is 0 Å². The van der Waals surface area contributed by atoms with Crippen LogP contribution < -0.4 is 5.32 Å². The maximum absolute atomic E-state index is 12.7. The summed E-state index contributed by atoms with van der Waals surface area (Å²) in [6.07, 6.45) is -3.68. The van der Waals surface area contributed by atoms with Gasteiger partial charge in [0.05, 0.1) is 12.1 Å². The van der Waals surface area contributed by atoms with Gasteiger partial charge in [-0.15, -0.1) is 0 Å². The molecule has 1 aliphatic rings. The zero-order valence-electron chi connectivity index (χ0n) is 14.0. The highest BCUT2D eigenvalue weighted by Gasteiger charge is 2.60. The fraction of sp³-hybridized carbons (Fsp3) is 0.316. The number of hydrogen-bond acceptors (Lipinski definition) is 4. The number of halogens is 3. The number of hydrogen-bond donors (Lipinski definition) is 2. The summed E-state index contributed by atoms with van der Waals surface area (Å²) in [5.41, 5.74) is 2.70. The number of alkyl halides is 3. The SMILES string of the molecule is OC1(C(F)(F)F)CC(c2ccc(NCCCc3ccccc3)cc2)=NO1. The predicted molar refractivity (Wildman–Crippen MR) is 92.9 cm³/mol. The number of aliphatic hydroxyl groups is 1. The first-order valence-corrected chi connectivity index (χ1v) is 8.30. The molecule has 1 atom stereocenters. The number of anilines is 1. The number of benzene rings is 2. The van der Waals surface area contributed by atoms with Gasteiger partial charge >= 0.3 is 12.0 Å². The lowest BCUT2D eigenvalue weighted by Crippen LogP contribution is -2.45. The van der Waals surface area contributed by atoms with E-state index in [0.717, 1.165) is 25.1 Å². The third kappa shape index (κ3) is 4.16. The molecule has 7 heteroatoms. The zero-order chi connectivity index (χ0) is 18.6. The highest BCUT2D eigenvalue weighted by atomic mass is 19.4. The first kappa shape index (κ1) is 18.3. The number of nitrogens with one attached hydrogen (secondary N) is 1. The Morgan fingerprint density at radius 1 is 1.08 bits per heavy atom. The second-order valence-corrected chi connectivity index (χ2v) is 6.18. The molecule has 2 N–H and O–H groups in total. The fourth-order valence-electron chi connectivity index (χ4n) is 2.68. The molecule has 3 rings (SSSR count). The van der Waals surface area contributed by atoms with E-state index in [9.17, 15) is 18.3 Å². The van der Waals surface area contributed by atoms with Crippen molar-refractivity contribution in [3.63, 3.8) is 0 Å². The van der Waals surface area contributed by atoms with Crippen LogP contribution in [0.5, 0.6) is 0 Å². The largest absolute Gasteiger partial charge is 0.458 e. The van der Waals surface area contributed by atoms with E-state index in [-0.39, 0.29) is 5.71 Å². The lowest BCUT2D eigenvalue weighted by atomic mass is 10.0. The van der Waals surface area contributed by atoms with E-state index >= 15 is 0 Å². The summed E-state index contributed by atoms with van der Waals surface area (Å²) in [4.78, 5) is 4.23. The van der Waals surface area contributed by atoms with Gasteiger partial charge in [0.15, 0.2) is 0 Å². The quantitative estimate of drug-likeness (QED) is 0.759. The van der Waals surface area contributed by atoms with Gasteiger partial charge < -0.3 is 15.3 Å². The molecule has 138 valence electrons. The second kappa shape index (κ2) is 7.37. The Morgan fingerprint density at radius 2 is 1.77 bits per heavy atom. The van der Waals surface area contributed by atoms with E-state index in [2.05, 4.69) is 27.4 Å². The molecule has 0 saturated heterocycles. The molecule has 0 fully saturated rings. The second-order valence-electron chi connectivity index (χ2n) is 6.18. The lowest BCUT2D eigenvalue weighted by Gasteiger charge is -2.22. The van der Waals surface area contributed by atoms with Gasteiger partial charge in [0.25, 0.3) is 0 Å². The van der Waals surface area contributed by atoms with Crippen molar-refractivity contribution in [2.24, 2.45) is 5.16 Å². The highest BCUT2D eigenvalue weighted by molar-refractivity contribution is 6.01. The summed E-state index contributed by atoms with van der Waals surface area (Å²) < 4.78 is 38.2. The van der Waals surface area contributed by atoms with Gasteiger partial charge in [-0.05, 0) is 36.1 Å². The van der Waals surface area contributed by atoms with Crippen LogP contribution in [0.25, 0.3) is 0 Å². The van der Waals surface area contributed by atoms with E-state index in [4.69, 9.17) is 0 Å². The van der Waals surface area contributed by atoms with E-state index in [1.165, 1.54) is 5.56 Å². The van der Waals surface area contributed by atoms with Crippen LogP contribution in [0.2, 0.25) is 0 Å². The minimum absolute atomic E-state index is 0.0699. The van der Waals surface area contributed by atoms with Crippen molar-refractivity contribution in [3.8, 4) is 0 Å². The van der Waals surface area contributed by atoms with Crippen LogP contribution in [-0.2, 0) is 11.3 Å². The average Bonchev–Trinajstić information content (AvgIpc) is 3.04. The van der Waals surface area contributed by atoms with Crippen LogP contribution >= 0.6 is 0 Å². The summed E-state index contributed by atoms with van der Waals surface area (Å²) in [6.45, 7) is 0.784. The summed E-state index contributed by atoms with van der Waals surface area (Å²) >= 11 is 0. The van der Waals surface area contributed by atoms with E-state index < -0.39 is 18.4 Å². The third-order valence-electron chi connectivity index (χ3n) is 4.19. The van der Waals surface area contributed by atoms with Crippen molar-refractivity contribution in [3.05, 3.63) is 65.7 Å². The highest BCUT2D eigenvalue weighted by Crippen LogP contribution is 2.38. The summed E-state index contributed by atoms with van der Waals surface area (Å²) in [7, 11) is 0. The molecule has 1 unspecified atom stereocenters. The third-order valence-corrected chi connectivity index (χ3v) is 4.19. The molecule has 2 aromatic rings. The van der Waals surface area contributed by atoms with Gasteiger partial charge in [-0.25, -0.2) is 0 Å². The molecule has 0 radical (unpaired) electrons. The van der Waals surface area contributed by atoms with Crippen LogP contribution in [0.4, 0.5) is 18.9 Å². The normalized spacial score (nSPS) is 19.8. The van der Waals surface area contributed by atoms with Gasteiger partial charge in [0, 0.05) is 12.2 Å². The minimum Gasteiger partial charge on any atom is -0.385 e. The minimum atomic E-state index is -4.89. The Labute approximate surface area is 149 Å². The monoisotopic (exact) mass is 364 g/mol. The Bertz CT molecular complexity index is 761. The first-order valence-electron chi connectivity index (χ1n) is 8.30. The summed E-state index contributed by atoms with van der Waals surface area (Å²) in [5.74, 6) is -3.24. The van der Waals surface area contributed by atoms with Gasteiger partial charge in [-0.1, -0.05) is 47.6 Å². The van der Waals surface area contributed by atoms with Crippen molar-refractivity contribution in [1.82, 2.24) is 0 Å². The van der Waals surface area contributed by atoms with Crippen molar-refractivity contribution in [2.45, 2.75) is 31.2 Å². The molecule has 1 heterocycles. The molecule has 2 aromatic carbocycles. The average molecular weight is 364 g/mol. The van der Waals surface area contributed by atoms with E-state index in [0.29, 0.717) is 5.56 Å². The van der Waals surface area contributed by atoms with Crippen molar-refractivity contribution < 1.29 is 23.1 Å². The van der Waals surface area contributed by atoms with Gasteiger partial charge in [-0.3, -0.25) is 0 Å². The molecule has 0 spiro atoms. The zero-order valence-corrected chi connectivity index (χ0v) is 14.0. The molecular formula is C19H19F3N2O2. The van der Waals surface area contributed by atoms with E-state index in [1.807, 2.05) is 18.2 Å². The van der Waals surface area contributed by atoms with Crippen LogP contribution in [0, 0.1) is 0 Å². The van der Waals surface area contributed by atoms with Crippen LogP contribution in [0.15, 0.2) is 59.8 Å². The summed E-state index contributed by atoms with van der Waals surface area (Å²) in [6, 6.07) is 17.0. The number of nitrogens with zero attached hydrogens (tertiary/aromatic N) is 1. The van der Waals surface area contributed by atoms with E-state index in [1.54, 1.807) is 24.3 Å². The van der Waals surface area contributed by atoms with Crippen molar-refractivity contribution in [2.75, 3.05) is 11.9 Å².